The molecule has 1 aliphatic heterocycles. The Hall–Kier alpha value is -0.930. The Morgan fingerprint density at radius 2 is 2.25 bits per heavy atom. The molecule has 0 radical (unpaired) electrons. The molecule has 1 atom stereocenters. The van der Waals surface area contributed by atoms with E-state index in [9.17, 15) is 13.2 Å². The summed E-state index contributed by atoms with van der Waals surface area (Å²) in [6.07, 6.45) is 0.727. The number of H-pyrrole nitrogens is 1. The van der Waals surface area contributed by atoms with E-state index in [1.165, 1.54) is 0 Å². The Morgan fingerprint density at radius 3 is 2.80 bits per heavy atom. The largest absolute Gasteiger partial charge is 0.348 e. The van der Waals surface area contributed by atoms with E-state index in [0.717, 1.165) is 12.3 Å². The van der Waals surface area contributed by atoms with Crippen LogP contribution in [0.5, 0.6) is 0 Å². The Kier molecular flexibility index (Phi) is 4.22. The summed E-state index contributed by atoms with van der Waals surface area (Å²) in [6.45, 7) is 3.89. The highest BCUT2D eigenvalue weighted by Crippen LogP contribution is 2.22. The van der Waals surface area contributed by atoms with Crippen LogP contribution in [0.25, 0.3) is 0 Å². The Bertz CT molecular complexity index is 655. The van der Waals surface area contributed by atoms with Crippen LogP contribution in [0.3, 0.4) is 0 Å². The number of hydrogen-bond acceptors (Lipinski definition) is 5. The average Bonchev–Trinajstić information content (AvgIpc) is 2.70. The molecule has 1 unspecified atom stereocenters. The number of ether oxygens (including phenoxy) is 2. The van der Waals surface area contributed by atoms with E-state index in [1.807, 2.05) is 0 Å². The maximum atomic E-state index is 12.0. The van der Waals surface area contributed by atoms with Crippen molar-refractivity contribution >= 4 is 21.6 Å². The highest BCUT2D eigenvalue weighted by molar-refractivity contribution is 7.89. The van der Waals surface area contributed by atoms with Gasteiger partial charge in [0.1, 0.15) is 5.02 Å². The van der Waals surface area contributed by atoms with Gasteiger partial charge in [-0.1, -0.05) is 11.6 Å². The van der Waals surface area contributed by atoms with E-state index in [2.05, 4.69) is 9.71 Å². The smallest absolute Gasteiger partial charge is 0.266 e. The minimum Gasteiger partial charge on any atom is -0.348 e. The topological polar surface area (TPSA) is 97.5 Å². The summed E-state index contributed by atoms with van der Waals surface area (Å²) in [4.78, 5) is 13.2. The van der Waals surface area contributed by atoms with Gasteiger partial charge in [-0.3, -0.25) is 4.79 Å². The van der Waals surface area contributed by atoms with Crippen molar-refractivity contribution in [1.29, 1.82) is 0 Å². The third kappa shape index (κ3) is 3.58. The zero-order chi connectivity index (χ0) is 15.0. The molecule has 0 aliphatic carbocycles. The summed E-state index contributed by atoms with van der Waals surface area (Å²) in [5.41, 5.74) is -0.542. The van der Waals surface area contributed by atoms with Gasteiger partial charge in [0.2, 0.25) is 10.0 Å². The van der Waals surface area contributed by atoms with Gasteiger partial charge in [0.15, 0.2) is 5.79 Å². The SMILES string of the molecule is CC1(C)OCC(CNS(=O)(=O)c2c[nH]c(=O)c(Cl)c2)O1. The van der Waals surface area contributed by atoms with Crippen molar-refractivity contribution in [3.05, 3.63) is 27.6 Å². The summed E-state index contributed by atoms with van der Waals surface area (Å²) < 4.78 is 37.3. The lowest BCUT2D eigenvalue weighted by molar-refractivity contribution is -0.137. The van der Waals surface area contributed by atoms with Crippen LogP contribution in [0.4, 0.5) is 0 Å². The monoisotopic (exact) mass is 322 g/mol. The van der Waals surface area contributed by atoms with E-state index >= 15 is 0 Å². The summed E-state index contributed by atoms with van der Waals surface area (Å²) >= 11 is 5.60. The van der Waals surface area contributed by atoms with Gasteiger partial charge in [0, 0.05) is 12.7 Å². The predicted molar refractivity (Wildman–Crippen MR) is 72.2 cm³/mol. The number of aromatic nitrogens is 1. The summed E-state index contributed by atoms with van der Waals surface area (Å²) in [7, 11) is -3.76. The molecule has 112 valence electrons. The number of nitrogens with one attached hydrogen (secondary N) is 2. The lowest BCUT2D eigenvalue weighted by Gasteiger charge is -2.17. The Labute approximate surface area is 121 Å². The fourth-order valence-electron chi connectivity index (χ4n) is 1.74. The van der Waals surface area contributed by atoms with Crippen molar-refractivity contribution in [2.24, 2.45) is 0 Å². The van der Waals surface area contributed by atoms with Crippen molar-refractivity contribution in [3.8, 4) is 0 Å². The third-order valence-corrected chi connectivity index (χ3v) is 4.39. The number of rotatable bonds is 4. The fraction of sp³-hybridized carbons (Fsp3) is 0.545. The van der Waals surface area contributed by atoms with Crippen LogP contribution in [0, 0.1) is 0 Å². The molecule has 1 aromatic rings. The fourth-order valence-corrected chi connectivity index (χ4v) is 3.04. The number of halogens is 1. The maximum absolute atomic E-state index is 12.0. The van der Waals surface area contributed by atoms with Crippen LogP contribution in [0.2, 0.25) is 5.02 Å². The van der Waals surface area contributed by atoms with Gasteiger partial charge in [0.25, 0.3) is 5.56 Å². The van der Waals surface area contributed by atoms with Crippen molar-refractivity contribution in [2.75, 3.05) is 13.2 Å². The van der Waals surface area contributed by atoms with E-state index in [4.69, 9.17) is 21.1 Å². The van der Waals surface area contributed by atoms with Crippen LogP contribution in [0.1, 0.15) is 13.8 Å². The summed E-state index contributed by atoms with van der Waals surface area (Å²) in [5.74, 6) is -0.711. The molecule has 0 saturated carbocycles. The maximum Gasteiger partial charge on any atom is 0.266 e. The minimum absolute atomic E-state index is 0.0719. The number of sulfonamides is 1. The summed E-state index contributed by atoms with van der Waals surface area (Å²) in [5, 5.41) is -0.186. The molecule has 2 rings (SSSR count). The van der Waals surface area contributed by atoms with E-state index in [0.29, 0.717) is 6.61 Å². The molecule has 20 heavy (non-hydrogen) atoms. The predicted octanol–water partition coefficient (Wildman–Crippen LogP) is 0.458. The van der Waals surface area contributed by atoms with Crippen LogP contribution in [-0.4, -0.2) is 38.4 Å². The molecule has 0 aromatic carbocycles. The normalized spacial score (nSPS) is 22.1. The molecule has 1 aliphatic rings. The molecule has 1 aromatic heterocycles. The van der Waals surface area contributed by atoms with Crippen LogP contribution >= 0.6 is 11.6 Å². The molecule has 1 saturated heterocycles. The molecular weight excluding hydrogens is 308 g/mol. The molecule has 0 spiro atoms. The van der Waals surface area contributed by atoms with Crippen LogP contribution < -0.4 is 10.3 Å². The van der Waals surface area contributed by atoms with Gasteiger partial charge in [-0.15, -0.1) is 0 Å². The number of aromatic amines is 1. The average molecular weight is 323 g/mol. The zero-order valence-corrected chi connectivity index (χ0v) is 12.5. The van der Waals surface area contributed by atoms with Gasteiger partial charge >= 0.3 is 0 Å². The minimum atomic E-state index is -3.76. The first-order chi connectivity index (χ1) is 9.20. The molecule has 9 heteroatoms. The molecule has 7 nitrogen and oxygen atoms in total. The second kappa shape index (κ2) is 5.45. The van der Waals surface area contributed by atoms with E-state index < -0.39 is 21.4 Å². The van der Waals surface area contributed by atoms with Crippen LogP contribution in [0.15, 0.2) is 22.0 Å². The van der Waals surface area contributed by atoms with Gasteiger partial charge < -0.3 is 14.5 Å². The Morgan fingerprint density at radius 1 is 1.55 bits per heavy atom. The van der Waals surface area contributed by atoms with Crippen molar-refractivity contribution in [1.82, 2.24) is 9.71 Å². The van der Waals surface area contributed by atoms with E-state index in [1.54, 1.807) is 13.8 Å². The second-order valence-corrected chi connectivity index (χ2v) is 6.99. The first-order valence-electron chi connectivity index (χ1n) is 5.89. The second-order valence-electron chi connectivity index (χ2n) is 4.82. The van der Waals surface area contributed by atoms with Crippen LogP contribution in [-0.2, 0) is 19.5 Å². The molecular formula is C11H15ClN2O5S. The Balaban J connectivity index is 2.04. The van der Waals surface area contributed by atoms with Gasteiger partial charge in [-0.05, 0) is 19.9 Å². The number of hydrogen-bond donors (Lipinski definition) is 2. The van der Waals surface area contributed by atoms with Gasteiger partial charge in [-0.2, -0.15) is 0 Å². The highest BCUT2D eigenvalue weighted by atomic mass is 35.5. The zero-order valence-electron chi connectivity index (χ0n) is 11.0. The molecule has 0 bridgehead atoms. The van der Waals surface area contributed by atoms with Crippen molar-refractivity contribution < 1.29 is 17.9 Å². The van der Waals surface area contributed by atoms with Crippen molar-refractivity contribution in [3.63, 3.8) is 0 Å². The molecule has 2 N–H and O–H groups in total. The highest BCUT2D eigenvalue weighted by Gasteiger charge is 2.33. The molecule has 1 fully saturated rings. The third-order valence-electron chi connectivity index (χ3n) is 2.71. The van der Waals surface area contributed by atoms with Gasteiger partial charge in [-0.25, -0.2) is 13.1 Å². The quantitative estimate of drug-likeness (QED) is 0.839. The number of pyridine rings is 1. The lowest BCUT2D eigenvalue weighted by Crippen LogP contribution is -2.34. The summed E-state index contributed by atoms with van der Waals surface area (Å²) in [6, 6.07) is 1.10. The standard InChI is InChI=1S/C11H15ClN2O5S/c1-11(2)18-6-7(19-11)4-14-20(16,17)8-3-9(12)10(15)13-5-8/h3,5,7,14H,4,6H2,1-2H3,(H,13,15). The lowest BCUT2D eigenvalue weighted by atomic mass is 10.4. The van der Waals surface area contributed by atoms with E-state index in [-0.39, 0.29) is 22.6 Å². The first kappa shape index (κ1) is 15.5. The first-order valence-corrected chi connectivity index (χ1v) is 7.75. The molecule has 2 heterocycles. The van der Waals surface area contributed by atoms with Crippen molar-refractivity contribution in [2.45, 2.75) is 30.6 Å². The van der Waals surface area contributed by atoms with Gasteiger partial charge in [0.05, 0.1) is 17.6 Å². The molecule has 0 amide bonds.